The van der Waals surface area contributed by atoms with Crippen molar-refractivity contribution in [1.82, 2.24) is 0 Å². The number of aromatic hydroxyl groups is 5. The number of fused-ring (bicyclic) bond motifs is 1. The number of esters is 1. The van der Waals surface area contributed by atoms with Crippen LogP contribution in [0, 0.1) is 0 Å². The lowest BCUT2D eigenvalue weighted by molar-refractivity contribution is -0.249. The quantitative estimate of drug-likeness (QED) is 0.130. The van der Waals surface area contributed by atoms with E-state index in [0.717, 1.165) is 6.08 Å². The zero-order chi connectivity index (χ0) is 29.3. The molecule has 0 spiro atoms. The number of aliphatic hydroxyl groups is 2. The number of benzene rings is 3. The minimum absolute atomic E-state index is 0.150. The predicted octanol–water partition coefficient (Wildman–Crippen LogP) is 2.36. The van der Waals surface area contributed by atoms with Crippen LogP contribution >= 0.6 is 0 Å². The van der Waals surface area contributed by atoms with Crippen LogP contribution in [0.15, 0.2) is 54.6 Å². The molecule has 12 heteroatoms. The number of hydrogen-bond acceptors (Lipinski definition) is 12. The molecule has 5 atom stereocenters. The first kappa shape index (κ1) is 27.9. The van der Waals surface area contributed by atoms with Crippen molar-refractivity contribution in [2.75, 3.05) is 6.61 Å². The SMILES string of the molecule is O=C(/C=C/c1ccc(O)c(O)c1)OC1[C@H](Oc2cc(O)cc3c2CC[C@@H](c2ccc(O)c(O)c2)O3)OC[C@@H](O)[C@@H]1O. The van der Waals surface area contributed by atoms with Crippen LogP contribution in [0.25, 0.3) is 6.08 Å². The van der Waals surface area contributed by atoms with Crippen LogP contribution in [0.3, 0.4) is 0 Å². The largest absolute Gasteiger partial charge is 0.508 e. The fourth-order valence-electron chi connectivity index (χ4n) is 4.63. The van der Waals surface area contributed by atoms with Gasteiger partial charge in [0.15, 0.2) is 29.1 Å². The summed E-state index contributed by atoms with van der Waals surface area (Å²) in [4.78, 5) is 12.6. The third-order valence-corrected chi connectivity index (χ3v) is 6.79. The molecule has 2 aliphatic rings. The van der Waals surface area contributed by atoms with Gasteiger partial charge in [-0.05, 0) is 54.3 Å². The zero-order valence-corrected chi connectivity index (χ0v) is 21.5. The highest BCUT2D eigenvalue weighted by Gasteiger charge is 2.43. The number of carbonyl (C=O) groups excluding carboxylic acids is 1. The summed E-state index contributed by atoms with van der Waals surface area (Å²) in [6.45, 7) is -0.313. The van der Waals surface area contributed by atoms with Crippen LogP contribution < -0.4 is 9.47 Å². The molecule has 1 fully saturated rings. The van der Waals surface area contributed by atoms with Crippen molar-refractivity contribution in [3.8, 4) is 40.2 Å². The number of rotatable bonds is 6. The Bertz CT molecular complexity index is 1470. The lowest BCUT2D eigenvalue weighted by atomic mass is 9.96. The second-order valence-corrected chi connectivity index (χ2v) is 9.67. The van der Waals surface area contributed by atoms with E-state index < -0.39 is 36.7 Å². The van der Waals surface area contributed by atoms with E-state index in [1.54, 1.807) is 6.07 Å². The second-order valence-electron chi connectivity index (χ2n) is 9.67. The fourth-order valence-corrected chi connectivity index (χ4v) is 4.63. The van der Waals surface area contributed by atoms with Crippen molar-refractivity contribution in [2.24, 2.45) is 0 Å². The maximum atomic E-state index is 12.6. The standard InChI is InChI=1S/C29H28O12/c30-16-11-24-17(4-7-23(39-24)15-3-6-19(32)21(34)10-15)25(12-16)40-29-28(27(37)22(35)13-38-29)41-26(36)8-2-14-1-5-18(31)20(33)9-14/h1-3,5-6,8-12,22-23,27-35,37H,4,7,13H2/b8-2+/t22-,23+,27+,28?,29+/m1/s1. The molecular weight excluding hydrogens is 540 g/mol. The molecule has 0 bridgehead atoms. The van der Waals surface area contributed by atoms with E-state index in [4.69, 9.17) is 18.9 Å². The molecule has 2 heterocycles. The first-order chi connectivity index (χ1) is 19.6. The van der Waals surface area contributed by atoms with Crippen LogP contribution in [-0.4, -0.2) is 72.9 Å². The van der Waals surface area contributed by atoms with Crippen molar-refractivity contribution in [3.63, 3.8) is 0 Å². The van der Waals surface area contributed by atoms with E-state index in [0.29, 0.717) is 35.3 Å². The molecule has 2 aliphatic heterocycles. The van der Waals surface area contributed by atoms with Crippen molar-refractivity contribution in [1.29, 1.82) is 0 Å². The van der Waals surface area contributed by atoms with Crippen LogP contribution in [0.5, 0.6) is 40.2 Å². The third kappa shape index (κ3) is 6.09. The Morgan fingerprint density at radius 3 is 2.37 bits per heavy atom. The van der Waals surface area contributed by atoms with Crippen LogP contribution in [0.1, 0.15) is 29.2 Å². The topological polar surface area (TPSA) is 196 Å². The average molecular weight is 569 g/mol. The minimum atomic E-state index is -1.56. The fraction of sp³-hybridized carbons (Fsp3) is 0.276. The molecule has 5 rings (SSSR count). The van der Waals surface area contributed by atoms with Gasteiger partial charge in [0.1, 0.15) is 35.6 Å². The highest BCUT2D eigenvalue weighted by Crippen LogP contribution is 2.44. The summed E-state index contributed by atoms with van der Waals surface area (Å²) in [5.41, 5.74) is 1.58. The van der Waals surface area contributed by atoms with Crippen molar-refractivity contribution in [2.45, 2.75) is 43.5 Å². The summed E-state index contributed by atoms with van der Waals surface area (Å²) in [5, 5.41) is 69.6. The molecule has 1 saturated heterocycles. The molecule has 3 aromatic rings. The molecule has 0 radical (unpaired) electrons. The van der Waals surface area contributed by atoms with Gasteiger partial charge in [-0.1, -0.05) is 12.1 Å². The van der Waals surface area contributed by atoms with Crippen LogP contribution in [-0.2, 0) is 20.7 Å². The van der Waals surface area contributed by atoms with E-state index in [-0.39, 0.29) is 41.1 Å². The molecule has 41 heavy (non-hydrogen) atoms. The maximum Gasteiger partial charge on any atom is 0.331 e. The lowest BCUT2D eigenvalue weighted by Gasteiger charge is -2.37. The van der Waals surface area contributed by atoms with E-state index >= 15 is 0 Å². The summed E-state index contributed by atoms with van der Waals surface area (Å²) >= 11 is 0. The Morgan fingerprint density at radius 2 is 1.63 bits per heavy atom. The van der Waals surface area contributed by atoms with Gasteiger partial charge in [-0.2, -0.15) is 0 Å². The Hall–Kier alpha value is -4.65. The second kappa shape index (κ2) is 11.5. The van der Waals surface area contributed by atoms with Gasteiger partial charge in [-0.15, -0.1) is 0 Å². The molecular formula is C29H28O12. The van der Waals surface area contributed by atoms with Crippen molar-refractivity contribution >= 4 is 12.0 Å². The van der Waals surface area contributed by atoms with Gasteiger partial charge in [0, 0.05) is 23.8 Å². The van der Waals surface area contributed by atoms with Crippen molar-refractivity contribution in [3.05, 3.63) is 71.3 Å². The summed E-state index contributed by atoms with van der Waals surface area (Å²) < 4.78 is 22.9. The Labute approximate surface area is 233 Å². The summed E-state index contributed by atoms with van der Waals surface area (Å²) in [6.07, 6.45) is -3.00. The van der Waals surface area contributed by atoms with Gasteiger partial charge < -0.3 is 54.7 Å². The molecule has 0 amide bonds. The highest BCUT2D eigenvalue weighted by molar-refractivity contribution is 5.87. The number of hydrogen-bond donors (Lipinski definition) is 7. The first-order valence-corrected chi connectivity index (χ1v) is 12.7. The molecule has 3 aromatic carbocycles. The van der Waals surface area contributed by atoms with Gasteiger partial charge in [0.25, 0.3) is 0 Å². The predicted molar refractivity (Wildman–Crippen MR) is 141 cm³/mol. The Kier molecular flexibility index (Phi) is 7.79. The first-order valence-electron chi connectivity index (χ1n) is 12.7. The van der Waals surface area contributed by atoms with Gasteiger partial charge in [0.2, 0.25) is 6.29 Å². The minimum Gasteiger partial charge on any atom is -0.508 e. The van der Waals surface area contributed by atoms with Crippen LogP contribution in [0.2, 0.25) is 0 Å². The number of phenols is 5. The van der Waals surface area contributed by atoms with E-state index in [9.17, 15) is 40.5 Å². The molecule has 0 aliphatic carbocycles. The Balaban J connectivity index is 1.33. The van der Waals surface area contributed by atoms with Gasteiger partial charge >= 0.3 is 5.97 Å². The van der Waals surface area contributed by atoms with Gasteiger partial charge in [-0.3, -0.25) is 0 Å². The molecule has 7 N–H and O–H groups in total. The highest BCUT2D eigenvalue weighted by atomic mass is 16.7. The summed E-state index contributed by atoms with van der Waals surface area (Å²) in [6, 6.07) is 11.0. The molecule has 216 valence electrons. The number of aliphatic hydroxyl groups excluding tert-OH is 2. The molecule has 12 nitrogen and oxygen atoms in total. The van der Waals surface area contributed by atoms with E-state index in [1.165, 1.54) is 48.5 Å². The van der Waals surface area contributed by atoms with Crippen molar-refractivity contribution < 1.29 is 59.5 Å². The average Bonchev–Trinajstić information content (AvgIpc) is 2.94. The Morgan fingerprint density at radius 1 is 0.902 bits per heavy atom. The van der Waals surface area contributed by atoms with Crippen LogP contribution in [0.4, 0.5) is 0 Å². The molecule has 1 unspecified atom stereocenters. The number of ether oxygens (including phenoxy) is 4. The smallest absolute Gasteiger partial charge is 0.331 e. The normalized spacial score (nSPS) is 23.9. The monoisotopic (exact) mass is 568 g/mol. The zero-order valence-electron chi connectivity index (χ0n) is 21.5. The maximum absolute atomic E-state index is 12.6. The summed E-state index contributed by atoms with van der Waals surface area (Å²) in [5.74, 6) is -1.90. The van der Waals surface area contributed by atoms with Gasteiger partial charge in [0.05, 0.1) is 6.61 Å². The van der Waals surface area contributed by atoms with E-state index in [1.807, 2.05) is 0 Å². The molecule has 0 saturated carbocycles. The van der Waals surface area contributed by atoms with Gasteiger partial charge in [-0.25, -0.2) is 4.79 Å². The van der Waals surface area contributed by atoms with E-state index in [2.05, 4.69) is 0 Å². The molecule has 0 aromatic heterocycles. The number of carbonyl (C=O) groups is 1. The lowest BCUT2D eigenvalue weighted by Crippen LogP contribution is -2.56. The summed E-state index contributed by atoms with van der Waals surface area (Å²) in [7, 11) is 0. The number of phenolic OH excluding ortho intramolecular Hbond substituents is 5. The third-order valence-electron chi connectivity index (χ3n) is 6.79.